The van der Waals surface area contributed by atoms with Gasteiger partial charge in [-0.25, -0.2) is 0 Å². The molecule has 0 bridgehead atoms. The van der Waals surface area contributed by atoms with E-state index < -0.39 is 0 Å². The molecule has 96 valence electrons. The van der Waals surface area contributed by atoms with Crippen molar-refractivity contribution >= 4 is 27.5 Å². The second kappa shape index (κ2) is 5.75. The van der Waals surface area contributed by atoms with Crippen LogP contribution in [0.25, 0.3) is 0 Å². The lowest BCUT2D eigenvalue weighted by Gasteiger charge is -2.09. The van der Waals surface area contributed by atoms with Crippen LogP contribution < -0.4 is 0 Å². The molecule has 2 nitrogen and oxygen atoms in total. The monoisotopic (exact) mass is 318 g/mol. The van der Waals surface area contributed by atoms with Gasteiger partial charge in [-0.15, -0.1) is 11.6 Å². The topological polar surface area (TPSA) is 17.8 Å². The van der Waals surface area contributed by atoms with Gasteiger partial charge in [0.25, 0.3) is 0 Å². The van der Waals surface area contributed by atoms with Crippen molar-refractivity contribution in [1.82, 2.24) is 9.78 Å². The molecule has 0 radical (unpaired) electrons. The van der Waals surface area contributed by atoms with Crippen LogP contribution in [-0.4, -0.2) is 15.2 Å². The summed E-state index contributed by atoms with van der Waals surface area (Å²) in [4.78, 5) is 0. The predicted octanol–water partition coefficient (Wildman–Crippen LogP) is 4.18. The largest absolute Gasteiger partial charge is 0.268 e. The SMILES string of the molecule is CCc1nn(CC)c(CCC(Cl)C2CC2)c1Br. The maximum absolute atomic E-state index is 6.37. The summed E-state index contributed by atoms with van der Waals surface area (Å²) in [6, 6.07) is 0. The summed E-state index contributed by atoms with van der Waals surface area (Å²) >= 11 is 10.1. The van der Waals surface area contributed by atoms with Gasteiger partial charge in [-0.05, 0) is 60.9 Å². The van der Waals surface area contributed by atoms with Gasteiger partial charge < -0.3 is 0 Å². The fourth-order valence-corrected chi connectivity index (χ4v) is 3.35. The van der Waals surface area contributed by atoms with Crippen LogP contribution in [0.15, 0.2) is 4.47 Å². The van der Waals surface area contributed by atoms with Crippen molar-refractivity contribution in [2.24, 2.45) is 5.92 Å². The van der Waals surface area contributed by atoms with E-state index in [-0.39, 0.29) is 0 Å². The number of halogens is 2. The van der Waals surface area contributed by atoms with E-state index in [1.54, 1.807) is 0 Å². The standard InChI is InChI=1S/C13H20BrClN2/c1-3-11-13(14)12(17(4-2)16-11)8-7-10(15)9-5-6-9/h9-10H,3-8H2,1-2H3. The molecule has 1 aromatic heterocycles. The lowest BCUT2D eigenvalue weighted by atomic mass is 10.1. The average Bonchev–Trinajstić information content (AvgIpc) is 3.12. The number of nitrogens with zero attached hydrogens (tertiary/aromatic N) is 2. The fraction of sp³-hybridized carbons (Fsp3) is 0.769. The molecule has 0 aliphatic heterocycles. The Labute approximate surface area is 117 Å². The zero-order valence-corrected chi connectivity index (χ0v) is 12.9. The van der Waals surface area contributed by atoms with Gasteiger partial charge in [-0.2, -0.15) is 5.10 Å². The third-order valence-electron chi connectivity index (χ3n) is 3.48. The molecule has 0 spiro atoms. The van der Waals surface area contributed by atoms with Crippen molar-refractivity contribution in [3.63, 3.8) is 0 Å². The highest BCUT2D eigenvalue weighted by atomic mass is 79.9. The fourth-order valence-electron chi connectivity index (χ4n) is 2.22. The summed E-state index contributed by atoms with van der Waals surface area (Å²) in [5.74, 6) is 0.777. The van der Waals surface area contributed by atoms with Gasteiger partial charge in [0.2, 0.25) is 0 Å². The smallest absolute Gasteiger partial charge is 0.0766 e. The number of alkyl halides is 1. The van der Waals surface area contributed by atoms with Crippen LogP contribution in [0.2, 0.25) is 0 Å². The van der Waals surface area contributed by atoms with Crippen LogP contribution in [0.1, 0.15) is 44.5 Å². The predicted molar refractivity (Wildman–Crippen MR) is 75.7 cm³/mol. The van der Waals surface area contributed by atoms with Crippen LogP contribution in [-0.2, 0) is 19.4 Å². The Morgan fingerprint density at radius 3 is 2.71 bits per heavy atom. The summed E-state index contributed by atoms with van der Waals surface area (Å²) in [6.07, 6.45) is 5.73. The van der Waals surface area contributed by atoms with Crippen molar-refractivity contribution in [3.8, 4) is 0 Å². The first-order valence-electron chi connectivity index (χ1n) is 6.55. The normalized spacial score (nSPS) is 17.4. The van der Waals surface area contributed by atoms with E-state index in [0.717, 1.165) is 31.7 Å². The van der Waals surface area contributed by atoms with Crippen LogP contribution >= 0.6 is 27.5 Å². The number of hydrogen-bond acceptors (Lipinski definition) is 1. The van der Waals surface area contributed by atoms with Crippen molar-refractivity contribution in [1.29, 1.82) is 0 Å². The molecule has 0 amide bonds. The molecule has 2 rings (SSSR count). The van der Waals surface area contributed by atoms with Gasteiger partial charge in [-0.3, -0.25) is 4.68 Å². The Balaban J connectivity index is 2.04. The molecule has 1 aliphatic rings. The van der Waals surface area contributed by atoms with Crippen LogP contribution in [0.4, 0.5) is 0 Å². The van der Waals surface area contributed by atoms with Gasteiger partial charge in [0.05, 0.1) is 15.9 Å². The number of rotatable bonds is 6. The molecule has 0 aromatic carbocycles. The summed E-state index contributed by atoms with van der Waals surface area (Å²) in [5, 5.41) is 4.97. The molecule has 1 fully saturated rings. The second-order valence-corrected chi connectivity index (χ2v) is 6.12. The number of hydrogen-bond donors (Lipinski definition) is 0. The van der Waals surface area contributed by atoms with Gasteiger partial charge in [0.1, 0.15) is 0 Å². The molecule has 1 unspecified atom stereocenters. The molecule has 17 heavy (non-hydrogen) atoms. The minimum absolute atomic E-state index is 0.354. The Morgan fingerprint density at radius 1 is 1.47 bits per heavy atom. The highest BCUT2D eigenvalue weighted by Crippen LogP contribution is 2.38. The summed E-state index contributed by atoms with van der Waals surface area (Å²) in [6.45, 7) is 5.22. The maximum atomic E-state index is 6.37. The first-order valence-corrected chi connectivity index (χ1v) is 7.78. The molecule has 1 atom stereocenters. The first-order chi connectivity index (χ1) is 8.17. The van der Waals surface area contributed by atoms with E-state index >= 15 is 0 Å². The highest BCUT2D eigenvalue weighted by molar-refractivity contribution is 9.10. The Kier molecular flexibility index (Phi) is 4.53. The molecule has 1 saturated carbocycles. The van der Waals surface area contributed by atoms with Gasteiger partial charge in [0.15, 0.2) is 0 Å². The van der Waals surface area contributed by atoms with Crippen molar-refractivity contribution in [2.45, 2.75) is 57.9 Å². The van der Waals surface area contributed by atoms with Crippen molar-refractivity contribution in [2.75, 3.05) is 0 Å². The highest BCUT2D eigenvalue weighted by Gasteiger charge is 2.29. The van der Waals surface area contributed by atoms with Crippen LogP contribution in [0.3, 0.4) is 0 Å². The summed E-state index contributed by atoms with van der Waals surface area (Å²) < 4.78 is 3.31. The van der Waals surface area contributed by atoms with Gasteiger partial charge >= 0.3 is 0 Å². The molecular formula is C13H20BrClN2. The van der Waals surface area contributed by atoms with E-state index in [9.17, 15) is 0 Å². The van der Waals surface area contributed by atoms with Gasteiger partial charge in [-0.1, -0.05) is 6.92 Å². The quantitative estimate of drug-likeness (QED) is 0.719. The minimum Gasteiger partial charge on any atom is -0.268 e. The molecule has 1 heterocycles. The third kappa shape index (κ3) is 3.05. The first kappa shape index (κ1) is 13.4. The molecular weight excluding hydrogens is 300 g/mol. The van der Waals surface area contributed by atoms with Crippen molar-refractivity contribution < 1.29 is 0 Å². The van der Waals surface area contributed by atoms with Gasteiger partial charge in [0, 0.05) is 11.9 Å². The Morgan fingerprint density at radius 2 is 2.18 bits per heavy atom. The maximum Gasteiger partial charge on any atom is 0.0766 e. The summed E-state index contributed by atoms with van der Waals surface area (Å²) in [5.41, 5.74) is 2.48. The van der Waals surface area contributed by atoms with E-state index in [2.05, 4.69) is 39.6 Å². The molecule has 0 N–H and O–H groups in total. The number of aryl methyl sites for hydroxylation is 2. The summed E-state index contributed by atoms with van der Waals surface area (Å²) in [7, 11) is 0. The molecule has 1 aromatic rings. The van der Waals surface area contributed by atoms with Crippen molar-refractivity contribution in [3.05, 3.63) is 15.9 Å². The van der Waals surface area contributed by atoms with E-state index in [4.69, 9.17) is 11.6 Å². The van der Waals surface area contributed by atoms with Crippen LogP contribution in [0, 0.1) is 5.92 Å². The average molecular weight is 320 g/mol. The second-order valence-electron chi connectivity index (χ2n) is 4.77. The van der Waals surface area contributed by atoms with E-state index in [1.807, 2.05) is 0 Å². The molecule has 1 aliphatic carbocycles. The van der Waals surface area contributed by atoms with E-state index in [0.29, 0.717) is 5.38 Å². The molecule has 4 heteroatoms. The number of aromatic nitrogens is 2. The molecule has 0 saturated heterocycles. The van der Waals surface area contributed by atoms with Crippen LogP contribution in [0.5, 0.6) is 0 Å². The lowest BCUT2D eigenvalue weighted by Crippen LogP contribution is -2.08. The Bertz CT molecular complexity index is 385. The minimum atomic E-state index is 0.354. The third-order valence-corrected chi connectivity index (χ3v) is 4.97. The Hall–Kier alpha value is -0.0200. The zero-order valence-electron chi connectivity index (χ0n) is 10.5. The van der Waals surface area contributed by atoms with E-state index in [1.165, 1.54) is 28.7 Å². The lowest BCUT2D eigenvalue weighted by molar-refractivity contribution is 0.587. The zero-order chi connectivity index (χ0) is 12.4.